The predicted molar refractivity (Wildman–Crippen MR) is 71.8 cm³/mol. The van der Waals surface area contributed by atoms with E-state index in [0.717, 1.165) is 31.7 Å². The SMILES string of the molecule is NC(=O)NN=Cc1ccc(N2CCNCC2)cc1. The highest BCUT2D eigenvalue weighted by Crippen LogP contribution is 2.14. The molecule has 0 aromatic heterocycles. The first-order chi connectivity index (χ1) is 8.75. The molecule has 96 valence electrons. The van der Waals surface area contributed by atoms with E-state index in [-0.39, 0.29) is 0 Å². The number of amides is 2. The molecule has 2 rings (SSSR count). The Labute approximate surface area is 106 Å². The molecule has 0 saturated carbocycles. The van der Waals surface area contributed by atoms with Crippen molar-refractivity contribution >= 4 is 17.9 Å². The van der Waals surface area contributed by atoms with Gasteiger partial charge in [-0.05, 0) is 17.7 Å². The van der Waals surface area contributed by atoms with Crippen LogP contribution in [0.3, 0.4) is 0 Å². The van der Waals surface area contributed by atoms with E-state index >= 15 is 0 Å². The molecule has 0 spiro atoms. The number of anilines is 1. The molecule has 4 N–H and O–H groups in total. The number of urea groups is 1. The van der Waals surface area contributed by atoms with Gasteiger partial charge in [-0.1, -0.05) is 12.1 Å². The quantitative estimate of drug-likeness (QED) is 0.523. The molecule has 18 heavy (non-hydrogen) atoms. The van der Waals surface area contributed by atoms with E-state index in [4.69, 9.17) is 5.73 Å². The molecular weight excluding hydrogens is 230 g/mol. The van der Waals surface area contributed by atoms with Gasteiger partial charge < -0.3 is 16.0 Å². The Morgan fingerprint density at radius 2 is 2.00 bits per heavy atom. The summed E-state index contributed by atoms with van der Waals surface area (Å²) in [6.07, 6.45) is 1.56. The number of benzene rings is 1. The number of nitrogens with one attached hydrogen (secondary N) is 2. The smallest absolute Gasteiger partial charge is 0.332 e. The third-order valence-corrected chi connectivity index (χ3v) is 2.76. The second kappa shape index (κ2) is 6.02. The van der Waals surface area contributed by atoms with Crippen molar-refractivity contribution in [3.05, 3.63) is 29.8 Å². The lowest BCUT2D eigenvalue weighted by Crippen LogP contribution is -2.43. The van der Waals surface area contributed by atoms with E-state index in [2.05, 4.69) is 32.9 Å². The molecule has 1 fully saturated rings. The van der Waals surface area contributed by atoms with Gasteiger partial charge in [0.15, 0.2) is 0 Å². The Morgan fingerprint density at radius 1 is 1.33 bits per heavy atom. The number of carbonyl (C=O) groups excluding carboxylic acids is 1. The zero-order valence-electron chi connectivity index (χ0n) is 10.1. The van der Waals surface area contributed by atoms with E-state index < -0.39 is 6.03 Å². The van der Waals surface area contributed by atoms with Crippen LogP contribution < -0.4 is 21.4 Å². The monoisotopic (exact) mass is 247 g/mol. The third kappa shape index (κ3) is 3.46. The number of hydrogen-bond acceptors (Lipinski definition) is 4. The number of hydrazone groups is 1. The maximum atomic E-state index is 10.4. The minimum Gasteiger partial charge on any atom is -0.369 e. The molecular formula is C12H17N5O. The van der Waals surface area contributed by atoms with Crippen LogP contribution in [0.4, 0.5) is 10.5 Å². The molecule has 1 aliphatic heterocycles. The van der Waals surface area contributed by atoms with Gasteiger partial charge in [-0.25, -0.2) is 10.2 Å². The van der Waals surface area contributed by atoms with Gasteiger partial charge in [0.05, 0.1) is 6.21 Å². The lowest BCUT2D eigenvalue weighted by Gasteiger charge is -2.29. The summed E-state index contributed by atoms with van der Waals surface area (Å²) >= 11 is 0. The number of hydrogen-bond donors (Lipinski definition) is 3. The summed E-state index contributed by atoms with van der Waals surface area (Å²) in [5.41, 5.74) is 9.19. The van der Waals surface area contributed by atoms with E-state index in [1.165, 1.54) is 5.69 Å². The Hall–Kier alpha value is -2.08. The van der Waals surface area contributed by atoms with E-state index in [1.54, 1.807) is 6.21 Å². The van der Waals surface area contributed by atoms with E-state index in [1.807, 2.05) is 12.1 Å². The fourth-order valence-electron chi connectivity index (χ4n) is 1.86. The molecule has 1 saturated heterocycles. The van der Waals surface area contributed by atoms with Gasteiger partial charge in [0.25, 0.3) is 0 Å². The largest absolute Gasteiger partial charge is 0.369 e. The highest BCUT2D eigenvalue weighted by molar-refractivity contribution is 5.82. The predicted octanol–water partition coefficient (Wildman–Crippen LogP) is 0.0984. The van der Waals surface area contributed by atoms with Crippen LogP contribution in [0.2, 0.25) is 0 Å². The Kier molecular flexibility index (Phi) is 4.14. The van der Waals surface area contributed by atoms with Crippen LogP contribution in [0.25, 0.3) is 0 Å². The average molecular weight is 247 g/mol. The molecule has 1 aromatic carbocycles. The second-order valence-electron chi connectivity index (χ2n) is 4.06. The molecule has 2 amide bonds. The molecule has 0 radical (unpaired) electrons. The van der Waals surface area contributed by atoms with Gasteiger partial charge in [0.1, 0.15) is 0 Å². The van der Waals surface area contributed by atoms with Gasteiger partial charge in [0.2, 0.25) is 0 Å². The Bertz CT molecular complexity index is 423. The zero-order valence-corrected chi connectivity index (χ0v) is 10.1. The summed E-state index contributed by atoms with van der Waals surface area (Å²) in [7, 11) is 0. The molecule has 0 unspecified atom stereocenters. The summed E-state index contributed by atoms with van der Waals surface area (Å²) in [5, 5.41) is 7.03. The van der Waals surface area contributed by atoms with Gasteiger partial charge in [0, 0.05) is 31.9 Å². The first-order valence-corrected chi connectivity index (χ1v) is 5.90. The van der Waals surface area contributed by atoms with Crippen molar-refractivity contribution in [3.63, 3.8) is 0 Å². The minimum absolute atomic E-state index is 0.663. The van der Waals surface area contributed by atoms with Crippen molar-refractivity contribution in [1.29, 1.82) is 0 Å². The topological polar surface area (TPSA) is 82.8 Å². The number of carbonyl (C=O) groups is 1. The highest BCUT2D eigenvalue weighted by atomic mass is 16.2. The highest BCUT2D eigenvalue weighted by Gasteiger charge is 2.09. The fraction of sp³-hybridized carbons (Fsp3) is 0.333. The third-order valence-electron chi connectivity index (χ3n) is 2.76. The van der Waals surface area contributed by atoms with Gasteiger partial charge in [-0.2, -0.15) is 5.10 Å². The van der Waals surface area contributed by atoms with Crippen molar-refractivity contribution in [2.24, 2.45) is 10.8 Å². The van der Waals surface area contributed by atoms with Crippen LogP contribution in [0.15, 0.2) is 29.4 Å². The van der Waals surface area contributed by atoms with Crippen molar-refractivity contribution in [1.82, 2.24) is 10.7 Å². The molecule has 0 aliphatic carbocycles. The van der Waals surface area contributed by atoms with Crippen molar-refractivity contribution in [2.75, 3.05) is 31.1 Å². The first-order valence-electron chi connectivity index (χ1n) is 5.90. The average Bonchev–Trinajstić information content (AvgIpc) is 2.40. The van der Waals surface area contributed by atoms with Crippen LogP contribution >= 0.6 is 0 Å². The number of primary amides is 1. The van der Waals surface area contributed by atoms with Gasteiger partial charge in [-0.15, -0.1) is 0 Å². The normalized spacial score (nSPS) is 15.9. The van der Waals surface area contributed by atoms with Gasteiger partial charge >= 0.3 is 6.03 Å². The van der Waals surface area contributed by atoms with Crippen LogP contribution in [0.5, 0.6) is 0 Å². The molecule has 1 aromatic rings. The van der Waals surface area contributed by atoms with E-state index in [0.29, 0.717) is 0 Å². The van der Waals surface area contributed by atoms with Crippen molar-refractivity contribution in [3.8, 4) is 0 Å². The standard InChI is InChI=1S/C12H17N5O/c13-12(18)16-15-9-10-1-3-11(4-2-10)17-7-5-14-6-8-17/h1-4,9,14H,5-8H2,(H3,13,16,18). The molecule has 6 heteroatoms. The van der Waals surface area contributed by atoms with Crippen LogP contribution in [0.1, 0.15) is 5.56 Å². The molecule has 0 atom stereocenters. The first kappa shape index (κ1) is 12.4. The van der Waals surface area contributed by atoms with E-state index in [9.17, 15) is 4.79 Å². The number of rotatable bonds is 3. The molecule has 6 nitrogen and oxygen atoms in total. The molecule has 1 aliphatic rings. The van der Waals surface area contributed by atoms with Gasteiger partial charge in [-0.3, -0.25) is 0 Å². The van der Waals surface area contributed by atoms with Crippen molar-refractivity contribution in [2.45, 2.75) is 0 Å². The van der Waals surface area contributed by atoms with Crippen LogP contribution in [-0.2, 0) is 0 Å². The second-order valence-corrected chi connectivity index (χ2v) is 4.06. The minimum atomic E-state index is -0.663. The van der Waals surface area contributed by atoms with Crippen LogP contribution in [-0.4, -0.2) is 38.4 Å². The Balaban J connectivity index is 1.96. The fourth-order valence-corrected chi connectivity index (χ4v) is 1.86. The number of nitrogens with two attached hydrogens (primary N) is 1. The van der Waals surface area contributed by atoms with Crippen LogP contribution in [0, 0.1) is 0 Å². The summed E-state index contributed by atoms with van der Waals surface area (Å²) in [6.45, 7) is 4.09. The summed E-state index contributed by atoms with van der Waals surface area (Å²) in [5.74, 6) is 0. The maximum Gasteiger partial charge on any atom is 0.332 e. The Morgan fingerprint density at radius 3 is 2.61 bits per heavy atom. The number of piperazine rings is 1. The summed E-state index contributed by atoms with van der Waals surface area (Å²) in [4.78, 5) is 12.8. The summed E-state index contributed by atoms with van der Waals surface area (Å²) < 4.78 is 0. The molecule has 1 heterocycles. The summed E-state index contributed by atoms with van der Waals surface area (Å²) in [6, 6.07) is 7.37. The number of nitrogens with zero attached hydrogens (tertiary/aromatic N) is 2. The lowest BCUT2D eigenvalue weighted by molar-refractivity contribution is 0.249. The zero-order chi connectivity index (χ0) is 12.8. The lowest BCUT2D eigenvalue weighted by atomic mass is 10.2. The maximum absolute atomic E-state index is 10.4. The molecule has 0 bridgehead atoms. The van der Waals surface area contributed by atoms with Crippen molar-refractivity contribution < 1.29 is 4.79 Å².